The summed E-state index contributed by atoms with van der Waals surface area (Å²) in [5.41, 5.74) is -0.281. The minimum Gasteiger partial charge on any atom is -0.361 e. The van der Waals surface area contributed by atoms with Gasteiger partial charge in [-0.15, -0.1) is 0 Å². The first-order chi connectivity index (χ1) is 12.8. The van der Waals surface area contributed by atoms with Gasteiger partial charge in [-0.2, -0.15) is 4.31 Å². The lowest BCUT2D eigenvalue weighted by Crippen LogP contribution is -2.46. The van der Waals surface area contributed by atoms with Gasteiger partial charge in [0.2, 0.25) is 10.0 Å². The lowest BCUT2D eigenvalue weighted by Gasteiger charge is -2.31. The molecular weight excluding hydrogens is 376 g/mol. The Morgan fingerprint density at radius 3 is 2.59 bits per heavy atom. The van der Waals surface area contributed by atoms with Gasteiger partial charge in [0, 0.05) is 31.3 Å². The van der Waals surface area contributed by atoms with E-state index >= 15 is 0 Å². The monoisotopic (exact) mass is 394 g/mol. The summed E-state index contributed by atoms with van der Waals surface area (Å²) in [6.07, 6.45) is 0.783. The molecule has 1 saturated heterocycles. The fourth-order valence-corrected chi connectivity index (χ4v) is 4.57. The number of rotatable bonds is 5. The van der Waals surface area contributed by atoms with Gasteiger partial charge in [-0.25, -0.2) is 8.42 Å². The number of benzene rings is 1. The fourth-order valence-electron chi connectivity index (χ4n) is 2.94. The number of nitro benzene ring substituents is 1. The standard InChI is InChI=1S/C16H18N4O6S/c1-11-10-13(18-26-11)16(21)17-12-6-8-19(9-7-12)27(24,25)15-5-3-2-4-14(15)20(22)23/h2-5,10,12H,6-9H2,1H3,(H,17,21). The maximum atomic E-state index is 12.8. The maximum Gasteiger partial charge on any atom is 0.289 e. The summed E-state index contributed by atoms with van der Waals surface area (Å²) in [6.45, 7) is 1.98. The highest BCUT2D eigenvalue weighted by Crippen LogP contribution is 2.28. The number of amides is 1. The van der Waals surface area contributed by atoms with Crippen molar-refractivity contribution >= 4 is 21.6 Å². The number of piperidine rings is 1. The van der Waals surface area contributed by atoms with E-state index in [1.807, 2.05) is 0 Å². The molecular formula is C16H18N4O6S. The number of sulfonamides is 1. The molecule has 0 unspecified atom stereocenters. The van der Waals surface area contributed by atoms with E-state index < -0.39 is 20.6 Å². The van der Waals surface area contributed by atoms with E-state index in [1.165, 1.54) is 34.6 Å². The molecule has 1 aliphatic heterocycles. The molecule has 11 heteroatoms. The molecule has 1 N–H and O–H groups in total. The molecule has 1 aliphatic rings. The van der Waals surface area contributed by atoms with Gasteiger partial charge in [-0.05, 0) is 25.8 Å². The molecule has 0 atom stereocenters. The van der Waals surface area contributed by atoms with E-state index in [9.17, 15) is 23.3 Å². The van der Waals surface area contributed by atoms with Crippen molar-refractivity contribution in [2.45, 2.75) is 30.7 Å². The van der Waals surface area contributed by atoms with Crippen molar-refractivity contribution in [2.75, 3.05) is 13.1 Å². The van der Waals surface area contributed by atoms with E-state index in [1.54, 1.807) is 6.92 Å². The molecule has 3 rings (SSSR count). The Kier molecular flexibility index (Phi) is 5.24. The molecule has 1 aromatic heterocycles. The van der Waals surface area contributed by atoms with Crippen LogP contribution in [0, 0.1) is 17.0 Å². The molecule has 10 nitrogen and oxygen atoms in total. The normalized spacial score (nSPS) is 16.2. The molecule has 0 aliphatic carbocycles. The Bertz CT molecular complexity index is 963. The number of nitrogens with one attached hydrogen (secondary N) is 1. The van der Waals surface area contributed by atoms with Crippen LogP contribution in [-0.4, -0.2) is 47.8 Å². The van der Waals surface area contributed by atoms with Crippen molar-refractivity contribution in [3.63, 3.8) is 0 Å². The summed E-state index contributed by atoms with van der Waals surface area (Å²) < 4.78 is 31.6. The number of aromatic nitrogens is 1. The van der Waals surface area contributed by atoms with Gasteiger partial charge >= 0.3 is 0 Å². The van der Waals surface area contributed by atoms with Crippen molar-refractivity contribution in [1.29, 1.82) is 0 Å². The number of hydrogen-bond acceptors (Lipinski definition) is 7. The van der Waals surface area contributed by atoms with Crippen LogP contribution in [0.15, 0.2) is 39.8 Å². The third-order valence-electron chi connectivity index (χ3n) is 4.33. The third-order valence-corrected chi connectivity index (χ3v) is 6.28. The number of carbonyl (C=O) groups is 1. The average Bonchev–Trinajstić information content (AvgIpc) is 3.09. The first kappa shape index (κ1) is 19.0. The number of para-hydroxylation sites is 1. The molecule has 1 amide bonds. The highest BCUT2D eigenvalue weighted by atomic mass is 32.2. The molecule has 0 saturated carbocycles. The predicted octanol–water partition coefficient (Wildman–Crippen LogP) is 1.47. The van der Waals surface area contributed by atoms with Gasteiger partial charge in [-0.1, -0.05) is 17.3 Å². The summed E-state index contributed by atoms with van der Waals surface area (Å²) >= 11 is 0. The highest BCUT2D eigenvalue weighted by Gasteiger charge is 2.34. The molecule has 1 aromatic carbocycles. The zero-order chi connectivity index (χ0) is 19.6. The van der Waals surface area contributed by atoms with E-state index in [0.29, 0.717) is 18.6 Å². The third kappa shape index (κ3) is 3.98. The van der Waals surface area contributed by atoms with Gasteiger partial charge in [0.1, 0.15) is 5.76 Å². The SMILES string of the molecule is Cc1cc(C(=O)NC2CCN(S(=O)(=O)c3ccccc3[N+](=O)[O-])CC2)no1. The average molecular weight is 394 g/mol. The fraction of sp³-hybridized carbons (Fsp3) is 0.375. The number of carbonyl (C=O) groups excluding carboxylic acids is 1. The van der Waals surface area contributed by atoms with Crippen LogP contribution < -0.4 is 5.32 Å². The quantitative estimate of drug-likeness (QED) is 0.599. The van der Waals surface area contributed by atoms with Crippen molar-refractivity contribution in [1.82, 2.24) is 14.8 Å². The Labute approximate surface area is 155 Å². The zero-order valence-corrected chi connectivity index (χ0v) is 15.3. The lowest BCUT2D eigenvalue weighted by atomic mass is 10.1. The largest absolute Gasteiger partial charge is 0.361 e. The number of aryl methyl sites for hydroxylation is 1. The molecule has 0 spiro atoms. The second-order valence-corrected chi connectivity index (χ2v) is 8.11. The first-order valence-electron chi connectivity index (χ1n) is 8.27. The van der Waals surface area contributed by atoms with Crippen molar-refractivity contribution in [3.05, 3.63) is 51.9 Å². The van der Waals surface area contributed by atoms with Crippen LogP contribution in [0.5, 0.6) is 0 Å². The predicted molar refractivity (Wildman–Crippen MR) is 93.6 cm³/mol. The van der Waals surface area contributed by atoms with Crippen LogP contribution >= 0.6 is 0 Å². The summed E-state index contributed by atoms with van der Waals surface area (Å²) in [5.74, 6) is 0.136. The van der Waals surface area contributed by atoms with Crippen molar-refractivity contribution in [2.24, 2.45) is 0 Å². The van der Waals surface area contributed by atoms with Crippen LogP contribution in [0.25, 0.3) is 0 Å². The summed E-state index contributed by atoms with van der Waals surface area (Å²) in [5, 5.41) is 17.6. The van der Waals surface area contributed by atoms with Gasteiger partial charge in [0.15, 0.2) is 10.6 Å². The van der Waals surface area contributed by atoms with Crippen molar-refractivity contribution < 1.29 is 22.7 Å². The van der Waals surface area contributed by atoms with Crippen LogP contribution in [0.1, 0.15) is 29.1 Å². The Morgan fingerprint density at radius 1 is 1.33 bits per heavy atom. The highest BCUT2D eigenvalue weighted by molar-refractivity contribution is 7.89. The second-order valence-electron chi connectivity index (χ2n) is 6.20. The maximum absolute atomic E-state index is 12.8. The Balaban J connectivity index is 1.67. The number of hydrogen-bond donors (Lipinski definition) is 1. The van der Waals surface area contributed by atoms with Crippen LogP contribution in [-0.2, 0) is 10.0 Å². The molecule has 2 aromatic rings. The smallest absolute Gasteiger partial charge is 0.289 e. The molecule has 0 radical (unpaired) electrons. The molecule has 0 bridgehead atoms. The van der Waals surface area contributed by atoms with Crippen LogP contribution in [0.4, 0.5) is 5.69 Å². The summed E-state index contributed by atoms with van der Waals surface area (Å²) in [4.78, 5) is 22.2. The number of nitro groups is 1. The van der Waals surface area contributed by atoms with Crippen LogP contribution in [0.2, 0.25) is 0 Å². The van der Waals surface area contributed by atoms with E-state index in [-0.39, 0.29) is 35.6 Å². The van der Waals surface area contributed by atoms with Gasteiger partial charge in [0.25, 0.3) is 11.6 Å². The van der Waals surface area contributed by atoms with Crippen LogP contribution in [0.3, 0.4) is 0 Å². The Morgan fingerprint density at radius 2 is 2.00 bits per heavy atom. The van der Waals surface area contributed by atoms with Gasteiger partial charge < -0.3 is 9.84 Å². The van der Waals surface area contributed by atoms with E-state index in [2.05, 4.69) is 10.5 Å². The minimum absolute atomic E-state index is 0.150. The number of nitrogens with zero attached hydrogens (tertiary/aromatic N) is 3. The molecule has 144 valence electrons. The van der Waals surface area contributed by atoms with Crippen molar-refractivity contribution in [3.8, 4) is 0 Å². The zero-order valence-electron chi connectivity index (χ0n) is 14.5. The molecule has 2 heterocycles. The van der Waals surface area contributed by atoms with Gasteiger partial charge in [0.05, 0.1) is 4.92 Å². The van der Waals surface area contributed by atoms with E-state index in [0.717, 1.165) is 0 Å². The topological polar surface area (TPSA) is 136 Å². The summed E-state index contributed by atoms with van der Waals surface area (Å²) in [6, 6.07) is 6.57. The summed E-state index contributed by atoms with van der Waals surface area (Å²) in [7, 11) is -3.99. The minimum atomic E-state index is -3.99. The Hall–Kier alpha value is -2.79. The lowest BCUT2D eigenvalue weighted by molar-refractivity contribution is -0.387. The first-order valence-corrected chi connectivity index (χ1v) is 9.71. The molecule has 1 fully saturated rings. The molecule has 27 heavy (non-hydrogen) atoms. The van der Waals surface area contributed by atoms with E-state index in [4.69, 9.17) is 4.52 Å². The second kappa shape index (κ2) is 7.45. The van der Waals surface area contributed by atoms with Gasteiger partial charge in [-0.3, -0.25) is 14.9 Å².